The Morgan fingerprint density at radius 2 is 2.08 bits per heavy atom. The van der Waals surface area contributed by atoms with Crippen molar-refractivity contribution in [1.29, 1.82) is 0 Å². The first kappa shape index (κ1) is 20.2. The minimum absolute atomic E-state index is 0. The van der Waals surface area contributed by atoms with Crippen molar-refractivity contribution in [2.75, 3.05) is 13.1 Å². The Balaban J connectivity index is 0.00000113. The highest BCUT2D eigenvalue weighted by Crippen LogP contribution is 2.56. The average Bonchev–Trinajstić information content (AvgIpc) is 3.04. The Hall–Kier alpha value is -1.14. The number of nitrogens with zero attached hydrogens (tertiary/aromatic N) is 2. The summed E-state index contributed by atoms with van der Waals surface area (Å²) in [4.78, 5) is 19.4. The van der Waals surface area contributed by atoms with Gasteiger partial charge < -0.3 is 10.2 Å². The Morgan fingerprint density at radius 3 is 2.72 bits per heavy atom. The van der Waals surface area contributed by atoms with E-state index in [4.69, 9.17) is 0 Å². The van der Waals surface area contributed by atoms with E-state index in [0.717, 1.165) is 19.5 Å². The van der Waals surface area contributed by atoms with E-state index in [2.05, 4.69) is 32.0 Å². The van der Waals surface area contributed by atoms with Gasteiger partial charge in [-0.1, -0.05) is 6.07 Å². The molecular weight excluding hydrogens is 377 g/mol. The molecule has 1 atom stereocenters. The minimum Gasteiger partial charge on any atom is -0.329 e. The molecule has 1 N–H and O–H groups in total. The molecule has 0 aromatic carbocycles. The van der Waals surface area contributed by atoms with Crippen LogP contribution < -0.4 is 5.32 Å². The molecule has 0 bridgehead atoms. The van der Waals surface area contributed by atoms with Crippen molar-refractivity contribution in [2.45, 2.75) is 31.8 Å². The molecule has 25 heavy (non-hydrogen) atoms. The smallest absolute Gasteiger partial charge is 0.273 e. The fourth-order valence-electron chi connectivity index (χ4n) is 3.77. The van der Waals surface area contributed by atoms with Crippen molar-refractivity contribution in [3.8, 4) is 0 Å². The molecule has 1 spiro atoms. The largest absolute Gasteiger partial charge is 0.329 e. The maximum absolute atomic E-state index is 13.0. The number of piperidine rings is 1. The van der Waals surface area contributed by atoms with Crippen LogP contribution in [0.25, 0.3) is 0 Å². The molecule has 4 nitrogen and oxygen atoms in total. The monoisotopic (exact) mass is 399 g/mol. The van der Waals surface area contributed by atoms with Gasteiger partial charge in [0.05, 0.1) is 0 Å². The number of aromatic nitrogens is 1. The number of pyridine rings is 1. The molecule has 0 radical (unpaired) electrons. The highest BCUT2D eigenvalue weighted by Gasteiger charge is 2.57. The predicted molar refractivity (Wildman–Crippen MR) is 106 cm³/mol. The van der Waals surface area contributed by atoms with Crippen LogP contribution in [0.15, 0.2) is 41.2 Å². The molecule has 7 heteroatoms. The van der Waals surface area contributed by atoms with E-state index in [1.165, 1.54) is 18.4 Å². The fourth-order valence-corrected chi connectivity index (χ4v) is 4.43. The Labute approximate surface area is 164 Å². The van der Waals surface area contributed by atoms with Gasteiger partial charge >= 0.3 is 0 Å². The number of halogens is 2. The summed E-state index contributed by atoms with van der Waals surface area (Å²) >= 11 is 1.68. The number of thiophene rings is 1. The van der Waals surface area contributed by atoms with Crippen molar-refractivity contribution in [3.05, 3.63) is 52.5 Å². The standard InChI is InChI=1S/C18H21N3OS.2ClH/c22-17(15-3-1-2-7-20-15)21(12-14-4-10-23-13-14)16-11-18(16)5-8-19-9-6-18;;/h1-4,7,10,13,16,19H,5-6,8-9,11-12H2;2*1H. The highest BCUT2D eigenvalue weighted by atomic mass is 35.5. The lowest BCUT2D eigenvalue weighted by molar-refractivity contribution is 0.0686. The van der Waals surface area contributed by atoms with E-state index in [1.807, 2.05) is 18.2 Å². The van der Waals surface area contributed by atoms with Gasteiger partial charge in [-0.05, 0) is 72.3 Å². The molecule has 2 aromatic heterocycles. The number of carbonyl (C=O) groups excluding carboxylic acids is 1. The molecular formula is C18H23Cl2N3OS. The maximum atomic E-state index is 13.0. The van der Waals surface area contributed by atoms with Gasteiger partial charge in [0.1, 0.15) is 5.69 Å². The summed E-state index contributed by atoms with van der Waals surface area (Å²) in [7, 11) is 0. The molecule has 1 saturated carbocycles. The zero-order valence-corrected chi connectivity index (χ0v) is 16.3. The number of hydrogen-bond acceptors (Lipinski definition) is 4. The van der Waals surface area contributed by atoms with Crippen LogP contribution in [0.5, 0.6) is 0 Å². The Kier molecular flexibility index (Phi) is 6.86. The van der Waals surface area contributed by atoms with E-state index < -0.39 is 0 Å². The molecule has 2 fully saturated rings. The second-order valence-corrected chi connectivity index (χ2v) is 7.39. The zero-order valence-electron chi connectivity index (χ0n) is 13.9. The second kappa shape index (κ2) is 8.49. The van der Waals surface area contributed by atoms with Crippen molar-refractivity contribution in [3.63, 3.8) is 0 Å². The first-order valence-corrected chi connectivity index (χ1v) is 9.17. The first-order chi connectivity index (χ1) is 11.3. The van der Waals surface area contributed by atoms with Crippen LogP contribution in [0.4, 0.5) is 0 Å². The molecule has 1 aliphatic carbocycles. The number of carbonyl (C=O) groups is 1. The van der Waals surface area contributed by atoms with Gasteiger partial charge in [-0.3, -0.25) is 9.78 Å². The summed E-state index contributed by atoms with van der Waals surface area (Å²) < 4.78 is 0. The average molecular weight is 400 g/mol. The molecule has 1 aliphatic heterocycles. The van der Waals surface area contributed by atoms with Crippen molar-refractivity contribution in [2.24, 2.45) is 5.41 Å². The molecule has 2 aromatic rings. The molecule has 1 amide bonds. The van der Waals surface area contributed by atoms with Crippen molar-refractivity contribution < 1.29 is 4.79 Å². The molecule has 3 heterocycles. The number of hydrogen-bond donors (Lipinski definition) is 1. The van der Waals surface area contributed by atoms with Crippen LogP contribution in [-0.4, -0.2) is 34.9 Å². The molecule has 1 unspecified atom stereocenters. The maximum Gasteiger partial charge on any atom is 0.273 e. The van der Waals surface area contributed by atoms with Crippen LogP contribution in [0, 0.1) is 5.41 Å². The summed E-state index contributed by atoms with van der Waals surface area (Å²) in [6, 6.07) is 8.03. The molecule has 136 valence electrons. The van der Waals surface area contributed by atoms with Gasteiger partial charge in [-0.2, -0.15) is 11.3 Å². The lowest BCUT2D eigenvalue weighted by Crippen LogP contribution is -2.39. The van der Waals surface area contributed by atoms with E-state index in [1.54, 1.807) is 17.5 Å². The van der Waals surface area contributed by atoms with Crippen LogP contribution in [0.1, 0.15) is 35.3 Å². The highest BCUT2D eigenvalue weighted by molar-refractivity contribution is 7.07. The topological polar surface area (TPSA) is 45.2 Å². The van der Waals surface area contributed by atoms with E-state index in [0.29, 0.717) is 23.7 Å². The third kappa shape index (κ3) is 4.17. The van der Waals surface area contributed by atoms with Crippen LogP contribution in [0.3, 0.4) is 0 Å². The van der Waals surface area contributed by atoms with E-state index in [9.17, 15) is 4.79 Å². The fraction of sp³-hybridized carbons (Fsp3) is 0.444. The predicted octanol–water partition coefficient (Wildman–Crippen LogP) is 3.77. The quantitative estimate of drug-likeness (QED) is 0.850. The zero-order chi connectivity index (χ0) is 15.7. The SMILES string of the molecule is Cl.Cl.O=C(c1ccccn1)N(Cc1ccsc1)C1CC12CCNCC2. The third-order valence-electron chi connectivity index (χ3n) is 5.20. The van der Waals surface area contributed by atoms with Crippen molar-refractivity contribution in [1.82, 2.24) is 15.2 Å². The van der Waals surface area contributed by atoms with Gasteiger partial charge in [-0.15, -0.1) is 24.8 Å². The number of rotatable bonds is 4. The van der Waals surface area contributed by atoms with E-state index >= 15 is 0 Å². The first-order valence-electron chi connectivity index (χ1n) is 8.22. The lowest BCUT2D eigenvalue weighted by atomic mass is 9.93. The van der Waals surface area contributed by atoms with Gasteiger partial charge in [0.15, 0.2) is 0 Å². The Bertz CT molecular complexity index is 675. The summed E-state index contributed by atoms with van der Waals surface area (Å²) in [5, 5.41) is 7.64. The molecule has 4 rings (SSSR count). The third-order valence-corrected chi connectivity index (χ3v) is 5.93. The summed E-state index contributed by atoms with van der Waals surface area (Å²) in [5.41, 5.74) is 2.11. The summed E-state index contributed by atoms with van der Waals surface area (Å²) in [6.07, 6.45) is 5.18. The summed E-state index contributed by atoms with van der Waals surface area (Å²) in [6.45, 7) is 2.83. The summed E-state index contributed by atoms with van der Waals surface area (Å²) in [5.74, 6) is 0.0669. The van der Waals surface area contributed by atoms with E-state index in [-0.39, 0.29) is 30.7 Å². The van der Waals surface area contributed by atoms with Crippen LogP contribution >= 0.6 is 36.2 Å². The van der Waals surface area contributed by atoms with Gasteiger partial charge in [-0.25, -0.2) is 0 Å². The van der Waals surface area contributed by atoms with Gasteiger partial charge in [0, 0.05) is 18.8 Å². The Morgan fingerprint density at radius 1 is 1.28 bits per heavy atom. The number of nitrogens with one attached hydrogen (secondary N) is 1. The van der Waals surface area contributed by atoms with Crippen LogP contribution in [0.2, 0.25) is 0 Å². The van der Waals surface area contributed by atoms with Crippen LogP contribution in [-0.2, 0) is 6.54 Å². The van der Waals surface area contributed by atoms with Gasteiger partial charge in [0.2, 0.25) is 0 Å². The minimum atomic E-state index is 0. The molecule has 2 aliphatic rings. The number of amides is 1. The van der Waals surface area contributed by atoms with Crippen molar-refractivity contribution >= 4 is 42.1 Å². The van der Waals surface area contributed by atoms with Gasteiger partial charge in [0.25, 0.3) is 5.91 Å². The normalized spacial score (nSPS) is 20.2. The lowest BCUT2D eigenvalue weighted by Gasteiger charge is -2.29. The molecule has 1 saturated heterocycles. The second-order valence-electron chi connectivity index (χ2n) is 6.61.